The number of hydrogen-bond acceptors (Lipinski definition) is 5. The highest BCUT2D eigenvalue weighted by molar-refractivity contribution is 5.79. The molecule has 36 heavy (non-hydrogen) atoms. The van der Waals surface area contributed by atoms with E-state index in [4.69, 9.17) is 0 Å². The van der Waals surface area contributed by atoms with E-state index in [1.807, 2.05) is 49.1 Å². The average molecular weight is 495 g/mol. The first-order valence-electron chi connectivity index (χ1n) is 11.7. The number of alkyl halides is 3. The molecule has 1 amide bonds. The average Bonchev–Trinajstić information content (AvgIpc) is 3.31. The van der Waals surface area contributed by atoms with Crippen LogP contribution in [0.3, 0.4) is 0 Å². The zero-order valence-electron chi connectivity index (χ0n) is 20.0. The van der Waals surface area contributed by atoms with Crippen molar-refractivity contribution in [1.82, 2.24) is 24.5 Å². The number of carbonyl (C=O) groups excluding carboxylic acids is 1. The predicted molar refractivity (Wildman–Crippen MR) is 130 cm³/mol. The van der Waals surface area contributed by atoms with Gasteiger partial charge in [0.2, 0.25) is 5.91 Å². The molecule has 3 heterocycles. The van der Waals surface area contributed by atoms with E-state index in [0.717, 1.165) is 34.6 Å². The summed E-state index contributed by atoms with van der Waals surface area (Å²) >= 11 is 0. The predicted octanol–water partition coefficient (Wildman–Crippen LogP) is 4.32. The number of aromatic nitrogens is 4. The highest BCUT2D eigenvalue weighted by Gasteiger charge is 2.31. The second kappa shape index (κ2) is 9.25. The van der Waals surface area contributed by atoms with Crippen LogP contribution in [-0.4, -0.2) is 56.6 Å². The fraction of sp³-hybridized carbons (Fsp3) is 0.308. The molecule has 4 aromatic rings. The molecule has 10 heteroatoms. The molecule has 1 saturated heterocycles. The number of fused-ring (bicyclic) bond motifs is 1. The standard InChI is InChI=1S/C26H25F3N6O/c1-17-22(18(2)35-25(30-17)31-24(32-35)19-7-4-3-5-8-19)16-23(36)34-13-11-33(12-14-34)21-10-6-9-20(15-21)26(27,28)29/h3-10,15H,11-14,16H2,1-2H3. The number of halogens is 3. The first kappa shape index (κ1) is 23.8. The summed E-state index contributed by atoms with van der Waals surface area (Å²) in [5.41, 5.74) is 3.06. The molecule has 0 spiro atoms. The molecule has 1 aliphatic heterocycles. The van der Waals surface area contributed by atoms with Crippen LogP contribution in [0, 0.1) is 13.8 Å². The number of benzene rings is 2. The van der Waals surface area contributed by atoms with Crippen molar-refractivity contribution in [3.05, 3.63) is 77.1 Å². The van der Waals surface area contributed by atoms with Gasteiger partial charge in [-0.05, 0) is 32.0 Å². The highest BCUT2D eigenvalue weighted by atomic mass is 19.4. The van der Waals surface area contributed by atoms with Crippen molar-refractivity contribution in [2.45, 2.75) is 26.4 Å². The van der Waals surface area contributed by atoms with Crippen molar-refractivity contribution in [3.63, 3.8) is 0 Å². The van der Waals surface area contributed by atoms with Crippen LogP contribution < -0.4 is 4.90 Å². The Hall–Kier alpha value is -3.95. The van der Waals surface area contributed by atoms with Crippen LogP contribution in [0.5, 0.6) is 0 Å². The zero-order chi connectivity index (χ0) is 25.4. The van der Waals surface area contributed by atoms with Crippen molar-refractivity contribution in [1.29, 1.82) is 0 Å². The third-order valence-electron chi connectivity index (χ3n) is 6.58. The number of aryl methyl sites for hydroxylation is 2. The lowest BCUT2D eigenvalue weighted by Crippen LogP contribution is -2.49. The van der Waals surface area contributed by atoms with E-state index in [1.54, 1.807) is 15.5 Å². The summed E-state index contributed by atoms with van der Waals surface area (Å²) in [4.78, 5) is 25.9. The zero-order valence-corrected chi connectivity index (χ0v) is 20.0. The van der Waals surface area contributed by atoms with Crippen molar-refractivity contribution >= 4 is 17.4 Å². The summed E-state index contributed by atoms with van der Waals surface area (Å²) in [6.07, 6.45) is -4.21. The number of amides is 1. The highest BCUT2D eigenvalue weighted by Crippen LogP contribution is 2.32. The van der Waals surface area contributed by atoms with Crippen molar-refractivity contribution in [2.24, 2.45) is 0 Å². The quantitative estimate of drug-likeness (QED) is 0.423. The summed E-state index contributed by atoms with van der Waals surface area (Å²) < 4.78 is 40.9. The summed E-state index contributed by atoms with van der Waals surface area (Å²) in [5.74, 6) is 1.00. The molecular formula is C26H25F3N6O. The molecular weight excluding hydrogens is 469 g/mol. The number of anilines is 1. The minimum absolute atomic E-state index is 0.0468. The summed E-state index contributed by atoms with van der Waals surface area (Å²) in [6, 6.07) is 14.9. The van der Waals surface area contributed by atoms with Crippen LogP contribution in [0.25, 0.3) is 17.2 Å². The minimum Gasteiger partial charge on any atom is -0.368 e. The Bertz CT molecular complexity index is 1410. The first-order chi connectivity index (χ1) is 17.2. The normalized spacial score (nSPS) is 14.5. The molecule has 0 bridgehead atoms. The van der Waals surface area contributed by atoms with Crippen molar-refractivity contribution in [2.75, 3.05) is 31.1 Å². The van der Waals surface area contributed by atoms with Gasteiger partial charge in [0.05, 0.1) is 12.0 Å². The van der Waals surface area contributed by atoms with Crippen molar-refractivity contribution < 1.29 is 18.0 Å². The molecule has 0 atom stereocenters. The SMILES string of the molecule is Cc1nc2nc(-c3ccccc3)nn2c(C)c1CC(=O)N1CCN(c2cccc(C(F)(F)F)c2)CC1. The van der Waals surface area contributed by atoms with E-state index < -0.39 is 11.7 Å². The van der Waals surface area contributed by atoms with Crippen LogP contribution in [-0.2, 0) is 17.4 Å². The Labute approximate surface area is 206 Å². The molecule has 1 fully saturated rings. The number of hydrogen-bond donors (Lipinski definition) is 0. The number of nitrogens with zero attached hydrogens (tertiary/aromatic N) is 6. The Kier molecular flexibility index (Phi) is 6.11. The summed E-state index contributed by atoms with van der Waals surface area (Å²) in [7, 11) is 0. The lowest BCUT2D eigenvalue weighted by atomic mass is 10.1. The van der Waals surface area contributed by atoms with Crippen LogP contribution in [0.1, 0.15) is 22.5 Å². The van der Waals surface area contributed by atoms with Gasteiger partial charge < -0.3 is 9.80 Å². The molecule has 186 valence electrons. The summed E-state index contributed by atoms with van der Waals surface area (Å²) in [6.45, 7) is 5.56. The molecule has 0 saturated carbocycles. The number of carbonyl (C=O) groups is 1. The molecule has 0 radical (unpaired) electrons. The minimum atomic E-state index is -4.38. The van der Waals surface area contributed by atoms with Gasteiger partial charge in [0.25, 0.3) is 5.78 Å². The molecule has 7 nitrogen and oxygen atoms in total. The van der Waals surface area contributed by atoms with Crippen LogP contribution in [0.15, 0.2) is 54.6 Å². The molecule has 1 aliphatic rings. The van der Waals surface area contributed by atoms with E-state index >= 15 is 0 Å². The maximum atomic E-state index is 13.1. The van der Waals surface area contributed by atoms with Gasteiger partial charge in [-0.3, -0.25) is 4.79 Å². The van der Waals surface area contributed by atoms with Gasteiger partial charge in [-0.25, -0.2) is 9.50 Å². The summed E-state index contributed by atoms with van der Waals surface area (Å²) in [5, 5.41) is 4.60. The number of rotatable bonds is 4. The van der Waals surface area contributed by atoms with Crippen LogP contribution >= 0.6 is 0 Å². The van der Waals surface area contributed by atoms with Gasteiger partial charge in [-0.2, -0.15) is 18.2 Å². The third kappa shape index (κ3) is 4.62. The molecule has 2 aromatic carbocycles. The fourth-order valence-electron chi connectivity index (χ4n) is 4.53. The molecule has 0 N–H and O–H groups in total. The Balaban J connectivity index is 1.29. The molecule has 2 aromatic heterocycles. The molecule has 5 rings (SSSR count). The third-order valence-corrected chi connectivity index (χ3v) is 6.58. The Morgan fingerprint density at radius 1 is 0.944 bits per heavy atom. The molecule has 0 unspecified atom stereocenters. The fourth-order valence-corrected chi connectivity index (χ4v) is 4.53. The topological polar surface area (TPSA) is 66.6 Å². The van der Waals surface area contributed by atoms with E-state index in [1.165, 1.54) is 6.07 Å². The monoisotopic (exact) mass is 494 g/mol. The maximum Gasteiger partial charge on any atom is 0.416 e. The lowest BCUT2D eigenvalue weighted by molar-refractivity contribution is -0.137. The molecule has 0 aliphatic carbocycles. The van der Waals surface area contributed by atoms with Gasteiger partial charge in [0, 0.05) is 54.4 Å². The van der Waals surface area contributed by atoms with E-state index in [2.05, 4.69) is 15.1 Å². The van der Waals surface area contributed by atoms with Crippen LogP contribution in [0.2, 0.25) is 0 Å². The Morgan fingerprint density at radius 2 is 1.67 bits per heavy atom. The second-order valence-corrected chi connectivity index (χ2v) is 8.87. The first-order valence-corrected chi connectivity index (χ1v) is 11.7. The lowest BCUT2D eigenvalue weighted by Gasteiger charge is -2.36. The Morgan fingerprint density at radius 3 is 2.36 bits per heavy atom. The van der Waals surface area contributed by atoms with E-state index in [9.17, 15) is 18.0 Å². The van der Waals surface area contributed by atoms with E-state index in [-0.39, 0.29) is 12.3 Å². The number of piperazine rings is 1. The van der Waals surface area contributed by atoms with E-state index in [0.29, 0.717) is 43.5 Å². The van der Waals surface area contributed by atoms with Gasteiger partial charge >= 0.3 is 6.18 Å². The van der Waals surface area contributed by atoms with Gasteiger partial charge in [0.15, 0.2) is 5.82 Å². The second-order valence-electron chi connectivity index (χ2n) is 8.87. The van der Waals surface area contributed by atoms with Gasteiger partial charge in [0.1, 0.15) is 0 Å². The van der Waals surface area contributed by atoms with Gasteiger partial charge in [-0.15, -0.1) is 5.10 Å². The van der Waals surface area contributed by atoms with Gasteiger partial charge in [-0.1, -0.05) is 36.4 Å². The largest absolute Gasteiger partial charge is 0.416 e. The van der Waals surface area contributed by atoms with Crippen molar-refractivity contribution in [3.8, 4) is 11.4 Å². The smallest absolute Gasteiger partial charge is 0.368 e. The van der Waals surface area contributed by atoms with Crippen LogP contribution in [0.4, 0.5) is 18.9 Å². The maximum absolute atomic E-state index is 13.1.